The first-order valence-electron chi connectivity index (χ1n) is 11.2. The van der Waals surface area contributed by atoms with Crippen LogP contribution in [0.15, 0.2) is 47.4 Å². The van der Waals surface area contributed by atoms with E-state index in [2.05, 4.69) is 29.2 Å². The van der Waals surface area contributed by atoms with E-state index < -0.39 is 23.6 Å². The highest BCUT2D eigenvalue weighted by molar-refractivity contribution is 5.75. The molecular weight excluding hydrogens is 410 g/mol. The van der Waals surface area contributed by atoms with Gasteiger partial charge in [0.25, 0.3) is 0 Å². The van der Waals surface area contributed by atoms with Gasteiger partial charge in [-0.1, -0.05) is 49.6 Å². The topological polar surface area (TPSA) is 106 Å². The van der Waals surface area contributed by atoms with Crippen molar-refractivity contribution in [2.75, 3.05) is 18.9 Å². The van der Waals surface area contributed by atoms with Gasteiger partial charge in [-0.15, -0.1) is 0 Å². The van der Waals surface area contributed by atoms with E-state index in [1.807, 2.05) is 19.9 Å². The second kappa shape index (κ2) is 11.2. The van der Waals surface area contributed by atoms with Gasteiger partial charge in [-0.3, -0.25) is 9.36 Å². The molecule has 0 amide bonds. The molecule has 1 fully saturated rings. The number of nitrogen functional groups attached to an aromatic ring is 1. The number of hydrogen-bond acceptors (Lipinski definition) is 7. The first kappa shape index (κ1) is 23.9. The van der Waals surface area contributed by atoms with E-state index in [1.54, 1.807) is 0 Å². The zero-order chi connectivity index (χ0) is 23.0. The smallest absolute Gasteiger partial charge is 0.351 e. The molecule has 0 spiro atoms. The Balaban J connectivity index is 1.33. The molecule has 0 aliphatic carbocycles. The number of nitrogens with two attached hydrogens (primary N) is 1. The quantitative estimate of drug-likeness (QED) is 0.419. The van der Waals surface area contributed by atoms with Gasteiger partial charge in [-0.05, 0) is 44.7 Å². The molecule has 2 atom stereocenters. The van der Waals surface area contributed by atoms with Crippen LogP contribution in [0.25, 0.3) is 0 Å². The molecule has 1 aliphatic heterocycles. The largest absolute Gasteiger partial charge is 0.460 e. The van der Waals surface area contributed by atoms with Gasteiger partial charge < -0.3 is 19.9 Å². The normalized spacial score (nSPS) is 18.6. The number of esters is 1. The average molecular weight is 444 g/mol. The number of benzene rings is 1. The monoisotopic (exact) mass is 443 g/mol. The second-order valence-corrected chi connectivity index (χ2v) is 8.78. The highest BCUT2D eigenvalue weighted by Crippen LogP contribution is 2.27. The third kappa shape index (κ3) is 6.90. The van der Waals surface area contributed by atoms with Gasteiger partial charge in [0.1, 0.15) is 12.4 Å². The van der Waals surface area contributed by atoms with Gasteiger partial charge in [0.05, 0.1) is 12.0 Å². The number of nitrogens with zero attached hydrogens (tertiary/aromatic N) is 2. The van der Waals surface area contributed by atoms with Crippen LogP contribution in [-0.4, -0.2) is 35.0 Å². The summed E-state index contributed by atoms with van der Waals surface area (Å²) in [5.41, 5.74) is 5.78. The summed E-state index contributed by atoms with van der Waals surface area (Å²) in [6, 6.07) is 12.0. The van der Waals surface area contributed by atoms with Crippen LogP contribution in [0.4, 0.5) is 5.82 Å². The number of aryl methyl sites for hydroxylation is 1. The summed E-state index contributed by atoms with van der Waals surface area (Å²) in [4.78, 5) is 28.2. The van der Waals surface area contributed by atoms with Crippen molar-refractivity contribution in [2.24, 2.45) is 5.41 Å². The van der Waals surface area contributed by atoms with E-state index in [4.69, 9.17) is 19.9 Å². The van der Waals surface area contributed by atoms with Crippen LogP contribution < -0.4 is 11.4 Å². The molecule has 0 saturated carbocycles. The summed E-state index contributed by atoms with van der Waals surface area (Å²) in [7, 11) is 0. The van der Waals surface area contributed by atoms with Crippen LogP contribution in [0, 0.1) is 5.41 Å². The summed E-state index contributed by atoms with van der Waals surface area (Å²) in [6.07, 6.45) is 6.38. The zero-order valence-electron chi connectivity index (χ0n) is 18.9. The van der Waals surface area contributed by atoms with Crippen molar-refractivity contribution >= 4 is 11.8 Å². The Labute approximate surface area is 188 Å². The van der Waals surface area contributed by atoms with Crippen LogP contribution in [-0.2, 0) is 25.4 Å². The first-order valence-corrected chi connectivity index (χ1v) is 11.2. The lowest BCUT2D eigenvalue weighted by molar-refractivity contribution is -0.168. The Morgan fingerprint density at radius 3 is 2.69 bits per heavy atom. The number of carbonyl (C=O) groups excluding carboxylic acids is 1. The van der Waals surface area contributed by atoms with Gasteiger partial charge in [0.2, 0.25) is 0 Å². The van der Waals surface area contributed by atoms with Gasteiger partial charge >= 0.3 is 11.7 Å². The Morgan fingerprint density at radius 1 is 1.19 bits per heavy atom. The molecule has 0 radical (unpaired) electrons. The fourth-order valence-electron chi connectivity index (χ4n) is 3.66. The van der Waals surface area contributed by atoms with E-state index in [0.29, 0.717) is 0 Å². The number of unbranched alkanes of at least 4 members (excludes halogenated alkanes) is 3. The molecule has 1 aliphatic rings. The average Bonchev–Trinajstić information content (AvgIpc) is 3.23. The molecule has 0 bridgehead atoms. The van der Waals surface area contributed by atoms with Gasteiger partial charge in [-0.2, -0.15) is 4.98 Å². The number of aromatic nitrogens is 2. The standard InChI is InChI=1S/C24H33N3O5/c1-24(2,14-9-4-3-6-10-18-11-7-5-8-12-18)22(28)31-17-21-30-16-20(32-21)27-15-13-19(25)26-23(27)29/h5,7-8,11-13,15,20-21H,3-4,6,9-10,14,16-17H2,1-2H3,(H2,25,26,29)/t20-,21-/m0/s1. The van der Waals surface area contributed by atoms with Crippen molar-refractivity contribution in [3.8, 4) is 0 Å². The SMILES string of the molecule is CC(C)(CCCCCCc1ccccc1)C(=O)OC[C@H]1OC[C@@H](n2ccc(N)nc2=O)O1. The molecule has 1 saturated heterocycles. The minimum atomic E-state index is -0.720. The van der Waals surface area contributed by atoms with Crippen molar-refractivity contribution in [1.29, 1.82) is 0 Å². The van der Waals surface area contributed by atoms with Crippen molar-refractivity contribution in [1.82, 2.24) is 9.55 Å². The van der Waals surface area contributed by atoms with E-state index in [0.717, 1.165) is 38.5 Å². The lowest BCUT2D eigenvalue weighted by Gasteiger charge is -2.23. The van der Waals surface area contributed by atoms with Crippen molar-refractivity contribution in [3.05, 3.63) is 58.6 Å². The van der Waals surface area contributed by atoms with Crippen molar-refractivity contribution in [3.63, 3.8) is 0 Å². The highest BCUT2D eigenvalue weighted by atomic mass is 16.7. The third-order valence-corrected chi connectivity index (χ3v) is 5.66. The Kier molecular flexibility index (Phi) is 8.41. The maximum Gasteiger partial charge on any atom is 0.351 e. The number of hydrogen-bond donors (Lipinski definition) is 1. The molecule has 8 nitrogen and oxygen atoms in total. The molecular formula is C24H33N3O5. The molecule has 2 aromatic rings. The summed E-state index contributed by atoms with van der Waals surface area (Å²) < 4.78 is 17.9. The second-order valence-electron chi connectivity index (χ2n) is 8.78. The fourth-order valence-corrected chi connectivity index (χ4v) is 3.66. The molecule has 174 valence electrons. The number of ether oxygens (including phenoxy) is 3. The van der Waals surface area contributed by atoms with Crippen molar-refractivity contribution < 1.29 is 19.0 Å². The van der Waals surface area contributed by atoms with Crippen LogP contribution >= 0.6 is 0 Å². The summed E-state index contributed by atoms with van der Waals surface area (Å²) in [5.74, 6) is -0.127. The maximum atomic E-state index is 12.6. The Hall–Kier alpha value is -2.71. The molecule has 2 heterocycles. The molecule has 32 heavy (non-hydrogen) atoms. The number of rotatable bonds is 11. The van der Waals surface area contributed by atoms with E-state index in [9.17, 15) is 9.59 Å². The first-order chi connectivity index (χ1) is 15.3. The molecule has 8 heteroatoms. The predicted octanol–water partition coefficient (Wildman–Crippen LogP) is 3.46. The van der Waals surface area contributed by atoms with Crippen LogP contribution in [0.5, 0.6) is 0 Å². The maximum absolute atomic E-state index is 12.6. The number of anilines is 1. The molecule has 2 N–H and O–H groups in total. The van der Waals surface area contributed by atoms with Crippen LogP contribution in [0.1, 0.15) is 57.7 Å². The van der Waals surface area contributed by atoms with E-state index >= 15 is 0 Å². The molecule has 3 rings (SSSR count). The fraction of sp³-hybridized carbons (Fsp3) is 0.542. The van der Waals surface area contributed by atoms with Crippen LogP contribution in [0.3, 0.4) is 0 Å². The van der Waals surface area contributed by atoms with E-state index in [1.165, 1.54) is 22.4 Å². The Bertz CT molecular complexity index is 929. The van der Waals surface area contributed by atoms with Crippen LogP contribution in [0.2, 0.25) is 0 Å². The number of carbonyl (C=O) groups is 1. The van der Waals surface area contributed by atoms with E-state index in [-0.39, 0.29) is 25.0 Å². The molecule has 1 aromatic heterocycles. The summed E-state index contributed by atoms with van der Waals surface area (Å²) in [6.45, 7) is 3.95. The lowest BCUT2D eigenvalue weighted by Crippen LogP contribution is -2.31. The molecule has 0 unspecified atom stereocenters. The lowest BCUT2D eigenvalue weighted by atomic mass is 9.87. The van der Waals surface area contributed by atoms with Gasteiger partial charge in [0, 0.05) is 6.20 Å². The summed E-state index contributed by atoms with van der Waals surface area (Å²) in [5, 5.41) is 0. The Morgan fingerprint density at radius 2 is 1.94 bits per heavy atom. The van der Waals surface area contributed by atoms with Gasteiger partial charge in [-0.25, -0.2) is 4.79 Å². The van der Waals surface area contributed by atoms with Crippen molar-refractivity contribution in [2.45, 2.75) is 64.9 Å². The summed E-state index contributed by atoms with van der Waals surface area (Å²) >= 11 is 0. The zero-order valence-corrected chi connectivity index (χ0v) is 18.9. The minimum Gasteiger partial charge on any atom is -0.460 e. The molecule has 1 aromatic carbocycles. The third-order valence-electron chi connectivity index (χ3n) is 5.66. The highest BCUT2D eigenvalue weighted by Gasteiger charge is 2.33. The minimum absolute atomic E-state index is 0.0208. The van der Waals surface area contributed by atoms with Gasteiger partial charge in [0.15, 0.2) is 12.5 Å². The predicted molar refractivity (Wildman–Crippen MR) is 121 cm³/mol.